The van der Waals surface area contributed by atoms with Crippen LogP contribution in [0.15, 0.2) is 30.4 Å². The first-order valence-electron chi connectivity index (χ1n) is 5.82. The average molecular weight is 250 g/mol. The monoisotopic (exact) mass is 250 g/mol. The summed E-state index contributed by atoms with van der Waals surface area (Å²) in [6.07, 6.45) is 5.03. The summed E-state index contributed by atoms with van der Waals surface area (Å²) in [6, 6.07) is 5.00. The number of methoxy groups -OCH3 is 1. The highest BCUT2D eigenvalue weighted by molar-refractivity contribution is 5.48. The zero-order chi connectivity index (χ0) is 13.4. The summed E-state index contributed by atoms with van der Waals surface area (Å²) < 4.78 is 4.95. The Bertz CT molecular complexity index is 430. The van der Waals surface area contributed by atoms with Gasteiger partial charge in [0.05, 0.1) is 12.0 Å². The maximum Gasteiger partial charge on any atom is 0.311 e. The molecule has 98 valence electrons. The summed E-state index contributed by atoms with van der Waals surface area (Å²) in [5.74, 6) is 0.290. The van der Waals surface area contributed by atoms with E-state index in [2.05, 4.69) is 11.4 Å². The van der Waals surface area contributed by atoms with Crippen LogP contribution in [0.25, 0.3) is 0 Å². The van der Waals surface area contributed by atoms with E-state index in [1.54, 1.807) is 12.1 Å². The quantitative estimate of drug-likeness (QED) is 0.350. The number of hydrogen-bond acceptors (Lipinski definition) is 4. The van der Waals surface area contributed by atoms with Gasteiger partial charge in [-0.2, -0.15) is 0 Å². The van der Waals surface area contributed by atoms with E-state index >= 15 is 0 Å². The van der Waals surface area contributed by atoms with Crippen LogP contribution in [0, 0.1) is 10.1 Å². The van der Waals surface area contributed by atoms with Crippen molar-refractivity contribution in [2.45, 2.75) is 19.9 Å². The molecule has 0 saturated carbocycles. The van der Waals surface area contributed by atoms with Gasteiger partial charge >= 0.3 is 5.69 Å². The molecule has 0 fully saturated rings. The van der Waals surface area contributed by atoms with E-state index in [1.165, 1.54) is 7.11 Å². The fraction of sp³-hybridized carbons (Fsp3) is 0.385. The van der Waals surface area contributed by atoms with Gasteiger partial charge in [-0.1, -0.05) is 18.2 Å². The fourth-order valence-electron chi connectivity index (χ4n) is 1.57. The summed E-state index contributed by atoms with van der Waals surface area (Å²) >= 11 is 0. The number of benzene rings is 1. The molecule has 0 spiro atoms. The predicted molar refractivity (Wildman–Crippen MR) is 70.8 cm³/mol. The Kier molecular flexibility index (Phi) is 5.87. The second-order valence-electron chi connectivity index (χ2n) is 3.80. The molecule has 5 nitrogen and oxygen atoms in total. The van der Waals surface area contributed by atoms with E-state index in [-0.39, 0.29) is 11.4 Å². The lowest BCUT2D eigenvalue weighted by atomic mass is 10.2. The minimum atomic E-state index is -0.428. The number of hydrogen-bond donors (Lipinski definition) is 1. The van der Waals surface area contributed by atoms with Crippen molar-refractivity contribution in [3.8, 4) is 5.75 Å². The molecular formula is C13H18N2O3. The smallest absolute Gasteiger partial charge is 0.311 e. The molecule has 1 aromatic rings. The Hall–Kier alpha value is -1.88. The Morgan fingerprint density at radius 3 is 2.89 bits per heavy atom. The van der Waals surface area contributed by atoms with Gasteiger partial charge in [0.1, 0.15) is 0 Å². The Morgan fingerprint density at radius 1 is 1.50 bits per heavy atom. The lowest BCUT2D eigenvalue weighted by Crippen LogP contribution is -2.14. The second kappa shape index (κ2) is 7.45. The normalized spacial score (nSPS) is 10.8. The Balaban J connectivity index is 2.61. The fourth-order valence-corrected chi connectivity index (χ4v) is 1.57. The SMILES string of the molecule is C/C=C/CCNCc1ccc(OC)c([N+](=O)[O-])c1. The number of nitro benzene ring substituents is 1. The molecule has 0 radical (unpaired) electrons. The predicted octanol–water partition coefficient (Wildman–Crippen LogP) is 2.66. The summed E-state index contributed by atoms with van der Waals surface area (Å²) in [7, 11) is 1.43. The van der Waals surface area contributed by atoms with Gasteiger partial charge in [0.2, 0.25) is 0 Å². The van der Waals surface area contributed by atoms with Gasteiger partial charge in [-0.25, -0.2) is 0 Å². The van der Waals surface area contributed by atoms with Gasteiger partial charge in [0, 0.05) is 12.6 Å². The number of nitro groups is 1. The molecule has 1 N–H and O–H groups in total. The molecule has 1 rings (SSSR count). The van der Waals surface area contributed by atoms with Crippen LogP contribution < -0.4 is 10.1 Å². The number of nitrogens with one attached hydrogen (secondary N) is 1. The van der Waals surface area contributed by atoms with Gasteiger partial charge in [0.15, 0.2) is 5.75 Å². The molecule has 0 aliphatic carbocycles. The maximum absolute atomic E-state index is 10.8. The van der Waals surface area contributed by atoms with Crippen LogP contribution in [0.2, 0.25) is 0 Å². The Labute approximate surface area is 107 Å². The van der Waals surface area contributed by atoms with Crippen molar-refractivity contribution >= 4 is 5.69 Å². The highest BCUT2D eigenvalue weighted by Crippen LogP contribution is 2.27. The lowest BCUT2D eigenvalue weighted by molar-refractivity contribution is -0.385. The Morgan fingerprint density at radius 2 is 2.28 bits per heavy atom. The highest BCUT2D eigenvalue weighted by Gasteiger charge is 2.14. The molecule has 5 heteroatoms. The number of ether oxygens (including phenoxy) is 1. The van der Waals surface area contributed by atoms with Crippen molar-refractivity contribution in [2.75, 3.05) is 13.7 Å². The van der Waals surface area contributed by atoms with E-state index in [0.29, 0.717) is 6.54 Å². The average Bonchev–Trinajstić information content (AvgIpc) is 2.38. The third kappa shape index (κ3) is 4.18. The van der Waals surface area contributed by atoms with E-state index in [4.69, 9.17) is 4.74 Å². The zero-order valence-electron chi connectivity index (χ0n) is 10.7. The molecule has 0 aliphatic rings. The topological polar surface area (TPSA) is 64.4 Å². The van der Waals surface area contributed by atoms with Gasteiger partial charge in [-0.15, -0.1) is 0 Å². The van der Waals surface area contributed by atoms with E-state index in [0.717, 1.165) is 18.5 Å². The van der Waals surface area contributed by atoms with Crippen molar-refractivity contribution in [1.29, 1.82) is 0 Å². The van der Waals surface area contributed by atoms with Crippen LogP contribution in [0.1, 0.15) is 18.9 Å². The summed E-state index contributed by atoms with van der Waals surface area (Å²) in [5.41, 5.74) is 0.883. The van der Waals surface area contributed by atoms with Gasteiger partial charge in [-0.05, 0) is 31.5 Å². The summed E-state index contributed by atoms with van der Waals surface area (Å²) in [5, 5.41) is 14.1. The maximum atomic E-state index is 10.8. The first-order valence-corrected chi connectivity index (χ1v) is 5.82. The highest BCUT2D eigenvalue weighted by atomic mass is 16.6. The standard InChI is InChI=1S/C13H18N2O3/c1-3-4-5-8-14-10-11-6-7-13(18-2)12(9-11)15(16)17/h3-4,6-7,9,14H,5,8,10H2,1-2H3/b4-3+. The van der Waals surface area contributed by atoms with Crippen LogP contribution >= 0.6 is 0 Å². The molecule has 1 aromatic carbocycles. The number of rotatable bonds is 7. The molecule has 0 unspecified atom stereocenters. The van der Waals surface area contributed by atoms with Crippen molar-refractivity contribution in [3.63, 3.8) is 0 Å². The molecule has 18 heavy (non-hydrogen) atoms. The minimum Gasteiger partial charge on any atom is -0.490 e. The summed E-state index contributed by atoms with van der Waals surface area (Å²) in [4.78, 5) is 10.4. The van der Waals surface area contributed by atoms with Crippen molar-refractivity contribution < 1.29 is 9.66 Å². The first kappa shape index (κ1) is 14.2. The van der Waals surface area contributed by atoms with Crippen LogP contribution in [0.5, 0.6) is 5.75 Å². The largest absolute Gasteiger partial charge is 0.490 e. The molecule has 0 aromatic heterocycles. The first-order chi connectivity index (χ1) is 8.69. The van der Waals surface area contributed by atoms with Gasteiger partial charge < -0.3 is 10.1 Å². The van der Waals surface area contributed by atoms with E-state index < -0.39 is 4.92 Å². The molecule has 0 atom stereocenters. The molecule has 0 amide bonds. The van der Waals surface area contributed by atoms with E-state index in [9.17, 15) is 10.1 Å². The third-order valence-corrected chi connectivity index (χ3v) is 2.49. The van der Waals surface area contributed by atoms with E-state index in [1.807, 2.05) is 19.1 Å². The van der Waals surface area contributed by atoms with Crippen LogP contribution in [-0.2, 0) is 6.54 Å². The number of nitrogens with zero attached hydrogens (tertiary/aromatic N) is 1. The molecule has 0 heterocycles. The van der Waals surface area contributed by atoms with Gasteiger partial charge in [-0.3, -0.25) is 10.1 Å². The summed E-state index contributed by atoms with van der Waals surface area (Å²) in [6.45, 7) is 3.44. The van der Waals surface area contributed by atoms with Crippen molar-refractivity contribution in [3.05, 3.63) is 46.0 Å². The molecule has 0 saturated heterocycles. The molecule has 0 aliphatic heterocycles. The van der Waals surface area contributed by atoms with Crippen molar-refractivity contribution in [1.82, 2.24) is 5.32 Å². The molecule has 0 bridgehead atoms. The van der Waals surface area contributed by atoms with Crippen LogP contribution in [-0.4, -0.2) is 18.6 Å². The van der Waals surface area contributed by atoms with Crippen LogP contribution in [0.3, 0.4) is 0 Å². The third-order valence-electron chi connectivity index (χ3n) is 2.49. The van der Waals surface area contributed by atoms with Gasteiger partial charge in [0.25, 0.3) is 0 Å². The van der Waals surface area contributed by atoms with Crippen LogP contribution in [0.4, 0.5) is 5.69 Å². The lowest BCUT2D eigenvalue weighted by Gasteiger charge is -2.06. The van der Waals surface area contributed by atoms with Crippen molar-refractivity contribution in [2.24, 2.45) is 0 Å². The zero-order valence-corrected chi connectivity index (χ0v) is 10.7. The second-order valence-corrected chi connectivity index (χ2v) is 3.80. The molecular weight excluding hydrogens is 232 g/mol. The number of allylic oxidation sites excluding steroid dienone is 1. The minimum absolute atomic E-state index is 0.00486.